The molecular formula is C16H14BrN3O3. The second kappa shape index (κ2) is 6.45. The molecule has 0 spiro atoms. The normalized spacial score (nSPS) is 13.0. The van der Waals surface area contributed by atoms with Gasteiger partial charge in [-0.2, -0.15) is 0 Å². The van der Waals surface area contributed by atoms with Crippen molar-refractivity contribution in [1.29, 1.82) is 0 Å². The van der Waals surface area contributed by atoms with E-state index in [4.69, 9.17) is 0 Å². The van der Waals surface area contributed by atoms with Crippen molar-refractivity contribution in [3.05, 3.63) is 62.4 Å². The summed E-state index contributed by atoms with van der Waals surface area (Å²) >= 11 is 3.29. The van der Waals surface area contributed by atoms with E-state index in [2.05, 4.69) is 20.9 Å². The van der Waals surface area contributed by atoms with E-state index in [1.165, 1.54) is 11.0 Å². The van der Waals surface area contributed by atoms with Gasteiger partial charge in [-0.1, -0.05) is 22.0 Å². The van der Waals surface area contributed by atoms with Gasteiger partial charge in [0.1, 0.15) is 5.69 Å². The number of aryl methyl sites for hydroxylation is 1. The van der Waals surface area contributed by atoms with Gasteiger partial charge in [0.25, 0.3) is 5.69 Å². The molecule has 1 aromatic heterocycles. The molecule has 2 heterocycles. The van der Waals surface area contributed by atoms with Crippen LogP contribution in [0.2, 0.25) is 0 Å². The topological polar surface area (TPSA) is 76.3 Å². The number of hydrogen-bond donors (Lipinski definition) is 0. The third-order valence-corrected chi connectivity index (χ3v) is 4.28. The largest absolute Gasteiger partial charge is 0.306 e. The number of anilines is 1. The second-order valence-corrected chi connectivity index (χ2v) is 6.22. The van der Waals surface area contributed by atoms with Crippen LogP contribution in [-0.2, 0) is 17.6 Å². The number of amides is 1. The number of carbonyl (C=O) groups is 1. The molecule has 23 heavy (non-hydrogen) atoms. The summed E-state index contributed by atoms with van der Waals surface area (Å²) in [6.07, 6.45) is 3.12. The Balaban J connectivity index is 1.81. The highest BCUT2D eigenvalue weighted by molar-refractivity contribution is 9.10. The van der Waals surface area contributed by atoms with E-state index in [-0.39, 0.29) is 18.0 Å². The van der Waals surface area contributed by atoms with Gasteiger partial charge in [0.15, 0.2) is 0 Å². The first-order valence-corrected chi connectivity index (χ1v) is 8.02. The zero-order valence-electron chi connectivity index (χ0n) is 12.2. The molecule has 0 radical (unpaired) electrons. The highest BCUT2D eigenvalue weighted by Gasteiger charge is 2.32. The third-order valence-electron chi connectivity index (χ3n) is 3.83. The number of halogens is 1. The SMILES string of the molecule is O=C(CCc1ccccn1)N1CCc2cc(Br)cc([N+](=O)[O-])c21. The van der Waals surface area contributed by atoms with Crippen LogP contribution in [0.5, 0.6) is 0 Å². The number of benzene rings is 1. The number of rotatable bonds is 4. The summed E-state index contributed by atoms with van der Waals surface area (Å²) in [5, 5.41) is 11.3. The zero-order valence-corrected chi connectivity index (χ0v) is 13.8. The highest BCUT2D eigenvalue weighted by Crippen LogP contribution is 2.39. The smallest absolute Gasteiger partial charge is 0.294 e. The van der Waals surface area contributed by atoms with Gasteiger partial charge >= 0.3 is 0 Å². The minimum Gasteiger partial charge on any atom is -0.306 e. The van der Waals surface area contributed by atoms with Crippen LogP contribution in [0.1, 0.15) is 17.7 Å². The lowest BCUT2D eigenvalue weighted by atomic mass is 10.1. The van der Waals surface area contributed by atoms with Gasteiger partial charge in [-0.15, -0.1) is 0 Å². The first kappa shape index (κ1) is 15.6. The Morgan fingerprint density at radius 3 is 2.91 bits per heavy atom. The Bertz CT molecular complexity index is 765. The fourth-order valence-electron chi connectivity index (χ4n) is 2.79. The van der Waals surface area contributed by atoms with Gasteiger partial charge < -0.3 is 4.90 Å². The van der Waals surface area contributed by atoms with Crippen molar-refractivity contribution in [2.24, 2.45) is 0 Å². The maximum atomic E-state index is 12.5. The molecule has 1 amide bonds. The molecule has 6 nitrogen and oxygen atoms in total. The van der Waals surface area contributed by atoms with Crippen molar-refractivity contribution in [3.63, 3.8) is 0 Å². The van der Waals surface area contributed by atoms with Crippen LogP contribution in [0.3, 0.4) is 0 Å². The van der Waals surface area contributed by atoms with E-state index in [1.54, 1.807) is 6.20 Å². The summed E-state index contributed by atoms with van der Waals surface area (Å²) in [4.78, 5) is 29.1. The number of nitro benzene ring substituents is 1. The van der Waals surface area contributed by atoms with E-state index >= 15 is 0 Å². The predicted octanol–water partition coefficient (Wildman–Crippen LogP) is 3.27. The minimum atomic E-state index is -0.437. The number of pyridine rings is 1. The van der Waals surface area contributed by atoms with Crippen molar-refractivity contribution in [3.8, 4) is 0 Å². The molecule has 118 valence electrons. The van der Waals surface area contributed by atoms with Crippen molar-refractivity contribution in [2.45, 2.75) is 19.3 Å². The second-order valence-electron chi connectivity index (χ2n) is 5.31. The molecule has 0 atom stereocenters. The molecule has 2 aromatic rings. The highest BCUT2D eigenvalue weighted by atomic mass is 79.9. The summed E-state index contributed by atoms with van der Waals surface area (Å²) in [6.45, 7) is 0.480. The van der Waals surface area contributed by atoms with Crippen LogP contribution in [0.15, 0.2) is 41.0 Å². The Morgan fingerprint density at radius 2 is 2.22 bits per heavy atom. The van der Waals surface area contributed by atoms with Crippen LogP contribution in [0, 0.1) is 10.1 Å². The maximum absolute atomic E-state index is 12.5. The first-order valence-electron chi connectivity index (χ1n) is 7.23. The predicted molar refractivity (Wildman–Crippen MR) is 89.4 cm³/mol. The molecule has 7 heteroatoms. The van der Waals surface area contributed by atoms with E-state index in [1.807, 2.05) is 24.3 Å². The molecule has 1 aromatic carbocycles. The Hall–Kier alpha value is -2.28. The number of aromatic nitrogens is 1. The lowest BCUT2D eigenvalue weighted by Crippen LogP contribution is -2.29. The van der Waals surface area contributed by atoms with Crippen LogP contribution in [-0.4, -0.2) is 22.4 Å². The molecule has 3 rings (SSSR count). The lowest BCUT2D eigenvalue weighted by molar-refractivity contribution is -0.384. The Kier molecular flexibility index (Phi) is 4.38. The molecule has 0 bridgehead atoms. The fourth-order valence-corrected chi connectivity index (χ4v) is 3.28. The number of fused-ring (bicyclic) bond motifs is 1. The van der Waals surface area contributed by atoms with Gasteiger partial charge in [0.05, 0.1) is 4.92 Å². The van der Waals surface area contributed by atoms with Gasteiger partial charge in [-0.25, -0.2) is 0 Å². The molecule has 1 aliphatic heterocycles. The number of hydrogen-bond acceptors (Lipinski definition) is 4. The fraction of sp³-hybridized carbons (Fsp3) is 0.250. The standard InChI is InChI=1S/C16H14BrN3O3/c17-12-9-11-6-8-19(16(11)14(10-12)20(22)23)15(21)5-4-13-3-1-2-7-18-13/h1-3,7,9-10H,4-6,8H2. The molecular weight excluding hydrogens is 362 g/mol. The Morgan fingerprint density at radius 1 is 1.39 bits per heavy atom. The van der Waals surface area contributed by atoms with Crippen molar-refractivity contribution < 1.29 is 9.72 Å². The van der Waals surface area contributed by atoms with Gasteiger partial charge in [0.2, 0.25) is 5.91 Å². The first-order chi connectivity index (χ1) is 11.1. The quantitative estimate of drug-likeness (QED) is 0.606. The summed E-state index contributed by atoms with van der Waals surface area (Å²) < 4.78 is 0.658. The van der Waals surface area contributed by atoms with E-state index in [0.717, 1.165) is 11.3 Å². The number of carbonyl (C=O) groups excluding carboxylic acids is 1. The molecule has 0 N–H and O–H groups in total. The van der Waals surface area contributed by atoms with E-state index < -0.39 is 4.92 Å². The number of nitrogens with zero attached hydrogens (tertiary/aromatic N) is 3. The lowest BCUT2D eigenvalue weighted by Gasteiger charge is -2.17. The van der Waals surface area contributed by atoms with Crippen molar-refractivity contribution in [2.75, 3.05) is 11.4 Å². The van der Waals surface area contributed by atoms with Gasteiger partial charge in [-0.05, 0) is 36.6 Å². The zero-order chi connectivity index (χ0) is 16.4. The van der Waals surface area contributed by atoms with Crippen molar-refractivity contribution in [1.82, 2.24) is 4.98 Å². The Labute approximate surface area is 141 Å². The average molecular weight is 376 g/mol. The van der Waals surface area contributed by atoms with Crippen molar-refractivity contribution >= 4 is 33.2 Å². The van der Waals surface area contributed by atoms with E-state index in [0.29, 0.717) is 29.5 Å². The average Bonchev–Trinajstić information content (AvgIpc) is 2.96. The monoisotopic (exact) mass is 375 g/mol. The summed E-state index contributed by atoms with van der Waals surface area (Å²) in [7, 11) is 0. The summed E-state index contributed by atoms with van der Waals surface area (Å²) in [5.41, 5.74) is 2.07. The molecule has 0 saturated carbocycles. The summed E-state index contributed by atoms with van der Waals surface area (Å²) in [5.74, 6) is -0.111. The molecule has 0 aliphatic carbocycles. The molecule has 0 fully saturated rings. The van der Waals surface area contributed by atoms with Crippen LogP contribution in [0.25, 0.3) is 0 Å². The molecule has 0 unspecified atom stereocenters. The number of nitro groups is 1. The third kappa shape index (κ3) is 3.24. The van der Waals surface area contributed by atoms with Gasteiger partial charge in [0, 0.05) is 35.4 Å². The molecule has 0 saturated heterocycles. The van der Waals surface area contributed by atoms with Gasteiger partial charge in [-0.3, -0.25) is 19.9 Å². The van der Waals surface area contributed by atoms with Crippen LogP contribution in [0.4, 0.5) is 11.4 Å². The molecule has 1 aliphatic rings. The van der Waals surface area contributed by atoms with Crippen LogP contribution >= 0.6 is 15.9 Å². The minimum absolute atomic E-state index is 0.0296. The summed E-state index contributed by atoms with van der Waals surface area (Å²) in [6, 6.07) is 8.85. The maximum Gasteiger partial charge on any atom is 0.294 e. The van der Waals surface area contributed by atoms with Crippen LogP contribution < -0.4 is 4.90 Å². The van der Waals surface area contributed by atoms with E-state index in [9.17, 15) is 14.9 Å².